The number of ether oxygens (including phenoxy) is 2. The lowest BCUT2D eigenvalue weighted by Crippen LogP contribution is -2.07. The molecule has 0 fully saturated rings. The van der Waals surface area contributed by atoms with E-state index in [9.17, 15) is 4.39 Å². The third kappa shape index (κ3) is 3.83. The lowest BCUT2D eigenvalue weighted by Gasteiger charge is -2.14. The summed E-state index contributed by atoms with van der Waals surface area (Å²) in [5, 5.41) is 0.342. The molecule has 0 aliphatic carbocycles. The van der Waals surface area contributed by atoms with E-state index in [2.05, 4.69) is 13.0 Å². The first-order valence-electron chi connectivity index (χ1n) is 7.05. The number of halogens is 1. The molecule has 0 atom stereocenters. The molecule has 0 spiro atoms. The number of hydrogen-bond donors (Lipinski definition) is 0. The van der Waals surface area contributed by atoms with Crippen molar-refractivity contribution in [2.75, 3.05) is 0 Å². The highest BCUT2D eigenvalue weighted by molar-refractivity contribution is 7.80. The largest absolute Gasteiger partial charge is 0.488 e. The van der Waals surface area contributed by atoms with Crippen LogP contribution in [0.1, 0.15) is 29.2 Å². The summed E-state index contributed by atoms with van der Waals surface area (Å²) in [5.41, 5.74) is 3.73. The van der Waals surface area contributed by atoms with Crippen LogP contribution in [-0.4, -0.2) is 5.05 Å². The van der Waals surface area contributed by atoms with Gasteiger partial charge in [-0.15, -0.1) is 0 Å². The van der Waals surface area contributed by atoms with E-state index in [0.717, 1.165) is 16.9 Å². The first kappa shape index (κ1) is 16.4. The molecule has 0 unspecified atom stereocenters. The van der Waals surface area contributed by atoms with Crippen molar-refractivity contribution in [3.8, 4) is 11.5 Å². The van der Waals surface area contributed by atoms with Gasteiger partial charge in [-0.3, -0.25) is 0 Å². The Morgan fingerprint density at radius 2 is 1.73 bits per heavy atom. The Kier molecular flexibility index (Phi) is 5.14. The smallest absolute Gasteiger partial charge is 0.164 e. The van der Waals surface area contributed by atoms with Gasteiger partial charge < -0.3 is 9.47 Å². The molecule has 0 N–H and O–H groups in total. The van der Waals surface area contributed by atoms with Gasteiger partial charge in [-0.05, 0) is 67.9 Å². The van der Waals surface area contributed by atoms with Crippen molar-refractivity contribution >= 4 is 17.3 Å². The van der Waals surface area contributed by atoms with E-state index in [0.29, 0.717) is 16.4 Å². The molecule has 116 valence electrons. The molecule has 0 amide bonds. The maximum absolute atomic E-state index is 14.0. The van der Waals surface area contributed by atoms with Gasteiger partial charge in [0.1, 0.15) is 23.9 Å². The number of benzene rings is 2. The van der Waals surface area contributed by atoms with Gasteiger partial charge in [-0.25, -0.2) is 4.39 Å². The highest BCUT2D eigenvalue weighted by Crippen LogP contribution is 2.27. The minimum Gasteiger partial charge on any atom is -0.488 e. The summed E-state index contributed by atoms with van der Waals surface area (Å²) in [6, 6.07) is 8.69. The predicted octanol–water partition coefficient (Wildman–Crippen LogP) is 5.06. The van der Waals surface area contributed by atoms with Crippen molar-refractivity contribution in [3.63, 3.8) is 0 Å². The zero-order valence-corrected chi connectivity index (χ0v) is 14.0. The van der Waals surface area contributed by atoms with Crippen LogP contribution in [0.15, 0.2) is 30.3 Å². The van der Waals surface area contributed by atoms with Gasteiger partial charge in [0.05, 0.1) is 5.56 Å². The lowest BCUT2D eigenvalue weighted by molar-refractivity contribution is 0.293. The quantitative estimate of drug-likeness (QED) is 0.734. The van der Waals surface area contributed by atoms with Crippen molar-refractivity contribution in [2.45, 2.75) is 34.3 Å². The molecular formula is C18H19FO2S. The summed E-state index contributed by atoms with van der Waals surface area (Å²) in [4.78, 5) is 0. The fraction of sp³-hybridized carbons (Fsp3) is 0.278. The van der Waals surface area contributed by atoms with Gasteiger partial charge in [0.25, 0.3) is 0 Å². The number of aryl methyl sites for hydroxylation is 3. The SMILES string of the molecule is CC(=S)Oc1cccc(F)c1COc1cc(C)c(C)cc1C. The summed E-state index contributed by atoms with van der Waals surface area (Å²) < 4.78 is 25.2. The van der Waals surface area contributed by atoms with E-state index in [1.165, 1.54) is 11.6 Å². The average Bonchev–Trinajstić information content (AvgIpc) is 2.43. The van der Waals surface area contributed by atoms with E-state index in [1.54, 1.807) is 19.1 Å². The molecule has 4 heteroatoms. The van der Waals surface area contributed by atoms with Crippen LogP contribution in [0, 0.1) is 26.6 Å². The lowest BCUT2D eigenvalue weighted by atomic mass is 10.1. The second-order valence-corrected chi connectivity index (χ2v) is 5.88. The van der Waals surface area contributed by atoms with E-state index in [-0.39, 0.29) is 12.4 Å². The minimum absolute atomic E-state index is 0.0912. The van der Waals surface area contributed by atoms with Gasteiger partial charge in [0.15, 0.2) is 5.05 Å². The fourth-order valence-corrected chi connectivity index (χ4v) is 2.26. The molecule has 2 aromatic rings. The fourth-order valence-electron chi connectivity index (χ4n) is 2.17. The van der Waals surface area contributed by atoms with E-state index in [4.69, 9.17) is 21.7 Å². The van der Waals surface area contributed by atoms with Crippen LogP contribution in [0.25, 0.3) is 0 Å². The third-order valence-corrected chi connectivity index (χ3v) is 3.58. The van der Waals surface area contributed by atoms with Gasteiger partial charge in [-0.1, -0.05) is 12.1 Å². The van der Waals surface area contributed by atoms with Gasteiger partial charge in [0, 0.05) is 6.92 Å². The van der Waals surface area contributed by atoms with Crippen LogP contribution in [0.4, 0.5) is 4.39 Å². The molecule has 0 saturated carbocycles. The van der Waals surface area contributed by atoms with E-state index < -0.39 is 0 Å². The van der Waals surface area contributed by atoms with Crippen molar-refractivity contribution in [2.24, 2.45) is 0 Å². The summed E-state index contributed by atoms with van der Waals surface area (Å²) in [7, 11) is 0. The van der Waals surface area contributed by atoms with Gasteiger partial charge >= 0.3 is 0 Å². The minimum atomic E-state index is -0.366. The molecule has 0 aliphatic heterocycles. The van der Waals surface area contributed by atoms with Crippen LogP contribution in [-0.2, 0) is 6.61 Å². The molecule has 0 heterocycles. The Morgan fingerprint density at radius 3 is 2.41 bits per heavy atom. The highest BCUT2D eigenvalue weighted by atomic mass is 32.1. The Bertz CT molecular complexity index is 710. The Morgan fingerprint density at radius 1 is 1.05 bits per heavy atom. The van der Waals surface area contributed by atoms with Gasteiger partial charge in [-0.2, -0.15) is 0 Å². The highest BCUT2D eigenvalue weighted by Gasteiger charge is 2.12. The van der Waals surface area contributed by atoms with Crippen molar-refractivity contribution in [1.82, 2.24) is 0 Å². The molecule has 0 bridgehead atoms. The first-order chi connectivity index (χ1) is 10.4. The molecule has 0 saturated heterocycles. The van der Waals surface area contributed by atoms with Gasteiger partial charge in [0.2, 0.25) is 0 Å². The number of hydrogen-bond acceptors (Lipinski definition) is 3. The normalized spacial score (nSPS) is 10.4. The maximum atomic E-state index is 14.0. The molecule has 0 aliphatic rings. The summed E-state index contributed by atoms with van der Waals surface area (Å²) in [6.07, 6.45) is 0. The topological polar surface area (TPSA) is 18.5 Å². The molecule has 2 rings (SSSR count). The third-order valence-electron chi connectivity index (χ3n) is 3.49. The Balaban J connectivity index is 2.25. The second kappa shape index (κ2) is 6.88. The van der Waals surface area contributed by atoms with E-state index in [1.807, 2.05) is 19.9 Å². The average molecular weight is 318 g/mol. The monoisotopic (exact) mass is 318 g/mol. The van der Waals surface area contributed by atoms with Crippen LogP contribution >= 0.6 is 12.2 Å². The molecule has 0 radical (unpaired) electrons. The Labute approximate surface area is 135 Å². The zero-order chi connectivity index (χ0) is 16.3. The number of rotatable bonds is 4. The van der Waals surface area contributed by atoms with E-state index >= 15 is 0 Å². The summed E-state index contributed by atoms with van der Waals surface area (Å²) >= 11 is 4.92. The van der Waals surface area contributed by atoms with Crippen molar-refractivity contribution in [3.05, 3.63) is 58.4 Å². The predicted molar refractivity (Wildman–Crippen MR) is 90.3 cm³/mol. The van der Waals surface area contributed by atoms with Crippen LogP contribution < -0.4 is 9.47 Å². The second-order valence-electron chi connectivity index (χ2n) is 5.30. The zero-order valence-electron chi connectivity index (χ0n) is 13.2. The number of thiocarbonyl (C=S) groups is 1. The van der Waals surface area contributed by atoms with Crippen LogP contribution in [0.3, 0.4) is 0 Å². The first-order valence-corrected chi connectivity index (χ1v) is 7.45. The molecule has 2 nitrogen and oxygen atoms in total. The van der Waals surface area contributed by atoms with Crippen molar-refractivity contribution < 1.29 is 13.9 Å². The molecular weight excluding hydrogens is 299 g/mol. The summed E-state index contributed by atoms with van der Waals surface area (Å²) in [5.74, 6) is 0.778. The molecule has 2 aromatic carbocycles. The van der Waals surface area contributed by atoms with Crippen LogP contribution in [0.5, 0.6) is 11.5 Å². The molecule has 0 aromatic heterocycles. The van der Waals surface area contributed by atoms with Crippen LogP contribution in [0.2, 0.25) is 0 Å². The molecule has 22 heavy (non-hydrogen) atoms. The summed E-state index contributed by atoms with van der Waals surface area (Å²) in [6.45, 7) is 7.79. The maximum Gasteiger partial charge on any atom is 0.164 e. The Hall–Kier alpha value is -1.94. The van der Waals surface area contributed by atoms with Crippen molar-refractivity contribution in [1.29, 1.82) is 0 Å². The standard InChI is InChI=1S/C18H19FO2S/c1-11-8-13(3)18(9-12(11)2)20-10-15-16(19)6-5-7-17(15)21-14(4)22/h5-9H,10H2,1-4H3.